The molecule has 1 aliphatic carbocycles. The van der Waals surface area contributed by atoms with Crippen molar-refractivity contribution in [2.24, 2.45) is 0 Å². The summed E-state index contributed by atoms with van der Waals surface area (Å²) < 4.78 is 15.8. The molecule has 1 fully saturated rings. The van der Waals surface area contributed by atoms with E-state index in [0.29, 0.717) is 45.4 Å². The molecule has 5 N–H and O–H groups in total. The second kappa shape index (κ2) is 9.25. The number of aromatic hydroxyl groups is 1. The molecule has 0 radical (unpaired) electrons. The van der Waals surface area contributed by atoms with Gasteiger partial charge in [0.2, 0.25) is 17.8 Å². The summed E-state index contributed by atoms with van der Waals surface area (Å²) in [6, 6.07) is 12.3. The second-order valence-electron chi connectivity index (χ2n) is 8.94. The van der Waals surface area contributed by atoms with E-state index in [-0.39, 0.29) is 24.7 Å². The molecule has 0 amide bonds. The van der Waals surface area contributed by atoms with Crippen molar-refractivity contribution in [3.8, 4) is 17.0 Å². The topological polar surface area (TPSA) is 136 Å². The number of aromatic nitrogens is 6. The minimum atomic E-state index is -0.498. The lowest BCUT2D eigenvalue weighted by Crippen LogP contribution is -2.13. The molecule has 3 aromatic heterocycles. The highest BCUT2D eigenvalue weighted by molar-refractivity contribution is 6.30. The van der Waals surface area contributed by atoms with Crippen molar-refractivity contribution < 1.29 is 9.50 Å². The second-order valence-corrected chi connectivity index (χ2v) is 9.38. The van der Waals surface area contributed by atoms with Gasteiger partial charge in [0.1, 0.15) is 5.82 Å². The number of H-pyrrole nitrogens is 2. The molecule has 0 spiro atoms. The molecule has 0 saturated heterocycles. The van der Waals surface area contributed by atoms with E-state index in [9.17, 15) is 14.3 Å². The van der Waals surface area contributed by atoms with Crippen LogP contribution < -0.4 is 16.3 Å². The normalized spacial score (nSPS) is 13.2. The van der Waals surface area contributed by atoms with Crippen molar-refractivity contribution in [1.29, 1.82) is 0 Å². The van der Waals surface area contributed by atoms with Crippen LogP contribution in [-0.4, -0.2) is 40.7 Å². The SMILES string of the molecule is O=c1[nH]c(O)c(Cc2cnn3c(NC4CC4)nc(NCc4cc(F)ccc4-c4cccc(Cl)c4)nc23)[nH]1. The molecular formula is C25H22ClFN8O2. The molecular weight excluding hydrogens is 499 g/mol. The van der Waals surface area contributed by atoms with Crippen molar-refractivity contribution in [3.05, 3.63) is 86.8 Å². The van der Waals surface area contributed by atoms with Gasteiger partial charge in [-0.3, -0.25) is 4.98 Å². The quantitative estimate of drug-likeness (QED) is 0.208. The van der Waals surface area contributed by atoms with Gasteiger partial charge in [0.15, 0.2) is 5.65 Å². The maximum atomic E-state index is 14.2. The number of hydrogen-bond acceptors (Lipinski definition) is 7. The summed E-state index contributed by atoms with van der Waals surface area (Å²) in [6.07, 6.45) is 3.90. The Bertz CT molecular complexity index is 1670. The Labute approximate surface area is 214 Å². The van der Waals surface area contributed by atoms with Crippen LogP contribution in [0.25, 0.3) is 16.8 Å². The minimum absolute atomic E-state index is 0.205. The van der Waals surface area contributed by atoms with E-state index in [4.69, 9.17) is 11.6 Å². The molecule has 1 saturated carbocycles. The van der Waals surface area contributed by atoms with E-state index in [1.54, 1.807) is 22.8 Å². The first kappa shape index (κ1) is 23.0. The Morgan fingerprint density at radius 3 is 2.76 bits per heavy atom. The van der Waals surface area contributed by atoms with Crippen LogP contribution in [0, 0.1) is 5.82 Å². The average molecular weight is 521 g/mol. The molecule has 188 valence electrons. The zero-order chi connectivity index (χ0) is 25.5. The van der Waals surface area contributed by atoms with Crippen molar-refractivity contribution in [1.82, 2.24) is 29.5 Å². The third kappa shape index (κ3) is 4.85. The first-order valence-corrected chi connectivity index (χ1v) is 12.1. The summed E-state index contributed by atoms with van der Waals surface area (Å²) in [4.78, 5) is 25.7. The van der Waals surface area contributed by atoms with Gasteiger partial charge < -0.3 is 20.7 Å². The number of anilines is 2. The first-order valence-electron chi connectivity index (χ1n) is 11.7. The van der Waals surface area contributed by atoms with Crippen LogP contribution in [0.5, 0.6) is 5.88 Å². The van der Waals surface area contributed by atoms with E-state index in [2.05, 4.69) is 35.7 Å². The van der Waals surface area contributed by atoms with Crippen molar-refractivity contribution in [3.63, 3.8) is 0 Å². The van der Waals surface area contributed by atoms with Gasteiger partial charge >= 0.3 is 5.69 Å². The van der Waals surface area contributed by atoms with Crippen LogP contribution >= 0.6 is 11.6 Å². The Balaban J connectivity index is 1.34. The van der Waals surface area contributed by atoms with Gasteiger partial charge in [0, 0.05) is 29.6 Å². The maximum Gasteiger partial charge on any atom is 0.325 e. The highest BCUT2D eigenvalue weighted by Gasteiger charge is 2.24. The summed E-state index contributed by atoms with van der Waals surface area (Å²) >= 11 is 6.18. The maximum absolute atomic E-state index is 14.2. The number of benzene rings is 2. The van der Waals surface area contributed by atoms with Crippen LogP contribution in [0.3, 0.4) is 0 Å². The molecule has 0 bridgehead atoms. The Hall–Kier alpha value is -4.38. The lowest BCUT2D eigenvalue weighted by atomic mass is 9.99. The Kier molecular flexibility index (Phi) is 5.76. The van der Waals surface area contributed by atoms with Crippen LogP contribution in [0.15, 0.2) is 53.5 Å². The molecule has 5 aromatic rings. The van der Waals surface area contributed by atoms with E-state index >= 15 is 0 Å². The summed E-state index contributed by atoms with van der Waals surface area (Å²) in [5.74, 6) is 0.258. The first-order chi connectivity index (χ1) is 17.9. The van der Waals surface area contributed by atoms with Gasteiger partial charge in [-0.1, -0.05) is 29.8 Å². The summed E-state index contributed by atoms with van der Waals surface area (Å²) in [6.45, 7) is 0.258. The molecule has 12 heteroatoms. The zero-order valence-electron chi connectivity index (χ0n) is 19.4. The van der Waals surface area contributed by atoms with Gasteiger partial charge in [0.25, 0.3) is 0 Å². The van der Waals surface area contributed by atoms with Crippen molar-refractivity contribution in [2.45, 2.75) is 31.8 Å². The Morgan fingerprint density at radius 2 is 2.00 bits per heavy atom. The number of rotatable bonds is 8. The molecule has 6 rings (SSSR count). The minimum Gasteiger partial charge on any atom is -0.493 e. The molecule has 2 aromatic carbocycles. The van der Waals surface area contributed by atoms with Crippen LogP contribution in [0.2, 0.25) is 5.02 Å². The van der Waals surface area contributed by atoms with Gasteiger partial charge in [-0.15, -0.1) is 0 Å². The summed E-state index contributed by atoms with van der Waals surface area (Å²) in [7, 11) is 0. The fourth-order valence-corrected chi connectivity index (χ4v) is 4.37. The lowest BCUT2D eigenvalue weighted by Gasteiger charge is -2.13. The monoisotopic (exact) mass is 520 g/mol. The fraction of sp³-hybridized carbons (Fsp3) is 0.200. The molecule has 10 nitrogen and oxygen atoms in total. The van der Waals surface area contributed by atoms with E-state index < -0.39 is 5.69 Å². The lowest BCUT2D eigenvalue weighted by molar-refractivity contribution is 0.450. The van der Waals surface area contributed by atoms with E-state index in [0.717, 1.165) is 24.0 Å². The predicted octanol–water partition coefficient (Wildman–Crippen LogP) is 4.08. The van der Waals surface area contributed by atoms with Gasteiger partial charge in [0.05, 0.1) is 11.9 Å². The van der Waals surface area contributed by atoms with Crippen molar-refractivity contribution in [2.75, 3.05) is 10.6 Å². The molecule has 37 heavy (non-hydrogen) atoms. The summed E-state index contributed by atoms with van der Waals surface area (Å²) in [5.41, 5.74) is 3.45. The standard InChI is InChI=1S/C25H22ClFN8O2/c26-16-3-1-2-13(8-16)19-7-4-17(27)9-14(19)11-28-23-32-21-15(10-20-22(36)33-25(37)31-20)12-29-35(21)24(34-23)30-18-5-6-18/h1-4,7-9,12,18,36H,5-6,10-11H2,(H2,31,33,37)(H2,28,30,32,34). The molecule has 0 atom stereocenters. The number of nitrogens with zero attached hydrogens (tertiary/aromatic N) is 4. The number of halogens is 2. The predicted molar refractivity (Wildman–Crippen MR) is 137 cm³/mol. The smallest absolute Gasteiger partial charge is 0.325 e. The molecule has 1 aliphatic rings. The summed E-state index contributed by atoms with van der Waals surface area (Å²) in [5, 5.41) is 21.6. The number of aromatic amines is 2. The van der Waals surface area contributed by atoms with Crippen LogP contribution in [0.1, 0.15) is 29.7 Å². The van der Waals surface area contributed by atoms with E-state index in [1.807, 2.05) is 18.2 Å². The molecule has 0 unspecified atom stereocenters. The van der Waals surface area contributed by atoms with Crippen LogP contribution in [0.4, 0.5) is 16.3 Å². The zero-order valence-corrected chi connectivity index (χ0v) is 20.2. The average Bonchev–Trinajstić information content (AvgIpc) is 3.51. The van der Waals surface area contributed by atoms with Crippen LogP contribution in [-0.2, 0) is 13.0 Å². The van der Waals surface area contributed by atoms with Gasteiger partial charge in [-0.05, 0) is 53.8 Å². The molecule has 0 aliphatic heterocycles. The van der Waals surface area contributed by atoms with Gasteiger partial charge in [-0.25, -0.2) is 9.18 Å². The van der Waals surface area contributed by atoms with E-state index in [1.165, 1.54) is 12.1 Å². The Morgan fingerprint density at radius 1 is 1.14 bits per heavy atom. The third-order valence-corrected chi connectivity index (χ3v) is 6.38. The number of hydrogen-bond donors (Lipinski definition) is 5. The highest BCUT2D eigenvalue weighted by Crippen LogP contribution is 2.29. The largest absolute Gasteiger partial charge is 0.493 e. The molecule has 3 heterocycles. The number of imidazole rings is 1. The highest BCUT2D eigenvalue weighted by atomic mass is 35.5. The fourth-order valence-electron chi connectivity index (χ4n) is 4.18. The number of fused-ring (bicyclic) bond motifs is 1. The number of nitrogens with one attached hydrogen (secondary N) is 4. The van der Waals surface area contributed by atoms with Crippen molar-refractivity contribution >= 4 is 29.1 Å². The third-order valence-electron chi connectivity index (χ3n) is 6.14. The van der Waals surface area contributed by atoms with Gasteiger partial charge in [-0.2, -0.15) is 19.6 Å².